The second-order valence-electron chi connectivity index (χ2n) is 4.00. The number of carbonyl (C=O) groups is 1. The number of hydrogen-bond acceptors (Lipinski definition) is 2. The third kappa shape index (κ3) is 3.52. The lowest BCUT2D eigenvalue weighted by atomic mass is 10.1. The number of hydrogen-bond donors (Lipinski definition) is 0. The summed E-state index contributed by atoms with van der Waals surface area (Å²) < 4.78 is 5.04. The highest BCUT2D eigenvalue weighted by molar-refractivity contribution is 5.90. The molecule has 0 amide bonds. The first-order valence-electron chi connectivity index (χ1n) is 5.64. The molecule has 0 spiro atoms. The van der Waals surface area contributed by atoms with Crippen LogP contribution in [0.2, 0.25) is 0 Å². The van der Waals surface area contributed by atoms with Crippen LogP contribution in [0.4, 0.5) is 0 Å². The van der Waals surface area contributed by atoms with Crippen LogP contribution < -0.4 is 0 Å². The van der Waals surface area contributed by atoms with Crippen molar-refractivity contribution in [3.8, 4) is 0 Å². The lowest BCUT2D eigenvalue weighted by molar-refractivity contribution is -0.138. The van der Waals surface area contributed by atoms with Crippen LogP contribution in [-0.2, 0) is 9.53 Å². The van der Waals surface area contributed by atoms with Crippen molar-refractivity contribution in [2.75, 3.05) is 0 Å². The standard InChI is InChI=1S/C12H20O2/c1-3-4-5-6-7-8-11-9-10(2)14-12(11)13/h8,10H,3-7,9H2,1-2H3. The zero-order valence-electron chi connectivity index (χ0n) is 9.21. The van der Waals surface area contributed by atoms with Crippen molar-refractivity contribution in [2.24, 2.45) is 0 Å². The molecule has 14 heavy (non-hydrogen) atoms. The fourth-order valence-electron chi connectivity index (χ4n) is 1.71. The number of allylic oxidation sites excluding steroid dienone is 1. The largest absolute Gasteiger partial charge is 0.459 e. The van der Waals surface area contributed by atoms with Gasteiger partial charge in [-0.15, -0.1) is 0 Å². The van der Waals surface area contributed by atoms with Crippen molar-refractivity contribution in [3.63, 3.8) is 0 Å². The van der Waals surface area contributed by atoms with Gasteiger partial charge in [0.2, 0.25) is 0 Å². The summed E-state index contributed by atoms with van der Waals surface area (Å²) in [5, 5.41) is 0. The van der Waals surface area contributed by atoms with Gasteiger partial charge in [-0.2, -0.15) is 0 Å². The minimum Gasteiger partial charge on any atom is -0.459 e. The topological polar surface area (TPSA) is 26.3 Å². The molecule has 0 saturated carbocycles. The van der Waals surface area contributed by atoms with Crippen LogP contribution in [0.3, 0.4) is 0 Å². The van der Waals surface area contributed by atoms with Crippen molar-refractivity contribution in [2.45, 2.75) is 58.5 Å². The monoisotopic (exact) mass is 196 g/mol. The molecular formula is C12H20O2. The van der Waals surface area contributed by atoms with Gasteiger partial charge in [0.1, 0.15) is 6.10 Å². The van der Waals surface area contributed by atoms with E-state index in [1.165, 1.54) is 25.7 Å². The van der Waals surface area contributed by atoms with Gasteiger partial charge in [0.05, 0.1) is 0 Å². The minimum absolute atomic E-state index is 0.0874. The highest BCUT2D eigenvalue weighted by Gasteiger charge is 2.24. The van der Waals surface area contributed by atoms with E-state index in [9.17, 15) is 4.79 Å². The molecule has 0 N–H and O–H groups in total. The molecule has 80 valence electrons. The number of unbranched alkanes of at least 4 members (excludes halogenated alkanes) is 4. The van der Waals surface area contributed by atoms with E-state index in [2.05, 4.69) is 13.0 Å². The predicted molar refractivity (Wildman–Crippen MR) is 57.0 cm³/mol. The van der Waals surface area contributed by atoms with Crippen LogP contribution in [0.15, 0.2) is 11.6 Å². The molecule has 0 aromatic heterocycles. The Morgan fingerprint density at radius 1 is 1.43 bits per heavy atom. The molecular weight excluding hydrogens is 176 g/mol. The summed E-state index contributed by atoms with van der Waals surface area (Å²) in [4.78, 5) is 11.2. The van der Waals surface area contributed by atoms with Crippen molar-refractivity contribution in [3.05, 3.63) is 11.6 Å². The molecule has 0 radical (unpaired) electrons. The summed E-state index contributed by atoms with van der Waals surface area (Å²) in [5.74, 6) is -0.104. The number of carbonyl (C=O) groups excluding carboxylic acids is 1. The average Bonchev–Trinajstić information content (AvgIpc) is 2.45. The molecule has 1 rings (SSSR count). The predicted octanol–water partition coefficient (Wildman–Crippen LogP) is 3.22. The normalized spacial score (nSPS) is 24.3. The average molecular weight is 196 g/mol. The Morgan fingerprint density at radius 2 is 2.21 bits per heavy atom. The summed E-state index contributed by atoms with van der Waals surface area (Å²) in [6.45, 7) is 4.14. The number of rotatable bonds is 5. The maximum atomic E-state index is 11.2. The van der Waals surface area contributed by atoms with Crippen LogP contribution in [0.5, 0.6) is 0 Å². The Morgan fingerprint density at radius 3 is 2.79 bits per heavy atom. The summed E-state index contributed by atoms with van der Waals surface area (Å²) in [7, 11) is 0. The van der Waals surface area contributed by atoms with Crippen LogP contribution in [0.25, 0.3) is 0 Å². The molecule has 0 aromatic carbocycles. The molecule has 2 heteroatoms. The van der Waals surface area contributed by atoms with Gasteiger partial charge < -0.3 is 4.74 Å². The van der Waals surface area contributed by atoms with Crippen molar-refractivity contribution in [1.82, 2.24) is 0 Å². The molecule has 1 heterocycles. The molecule has 1 aliphatic heterocycles. The van der Waals surface area contributed by atoms with Crippen LogP contribution in [0.1, 0.15) is 52.4 Å². The molecule has 1 unspecified atom stereocenters. The van der Waals surface area contributed by atoms with Gasteiger partial charge in [-0.1, -0.05) is 32.3 Å². The Hall–Kier alpha value is -0.790. The fourth-order valence-corrected chi connectivity index (χ4v) is 1.71. The molecule has 1 fully saturated rings. The quantitative estimate of drug-likeness (QED) is 0.383. The van der Waals surface area contributed by atoms with Crippen LogP contribution in [-0.4, -0.2) is 12.1 Å². The Bertz CT molecular complexity index is 218. The lowest BCUT2D eigenvalue weighted by Gasteiger charge is -1.95. The SMILES string of the molecule is CCCCCCC=C1CC(C)OC1=O. The van der Waals surface area contributed by atoms with Crippen molar-refractivity contribution < 1.29 is 9.53 Å². The van der Waals surface area contributed by atoms with E-state index in [-0.39, 0.29) is 12.1 Å². The first-order chi connectivity index (χ1) is 6.74. The zero-order valence-corrected chi connectivity index (χ0v) is 9.21. The lowest BCUT2D eigenvalue weighted by Crippen LogP contribution is -1.99. The van der Waals surface area contributed by atoms with E-state index in [1.807, 2.05) is 6.92 Å². The summed E-state index contributed by atoms with van der Waals surface area (Å²) in [5.41, 5.74) is 0.883. The third-order valence-electron chi connectivity index (χ3n) is 2.53. The van der Waals surface area contributed by atoms with E-state index >= 15 is 0 Å². The minimum atomic E-state index is -0.104. The van der Waals surface area contributed by atoms with Gasteiger partial charge in [0.15, 0.2) is 0 Å². The highest BCUT2D eigenvalue weighted by Crippen LogP contribution is 2.20. The number of cyclic esters (lactones) is 1. The molecule has 2 nitrogen and oxygen atoms in total. The van der Waals surface area contributed by atoms with Gasteiger partial charge in [-0.3, -0.25) is 0 Å². The number of ether oxygens (including phenoxy) is 1. The summed E-state index contributed by atoms with van der Waals surface area (Å²) in [6.07, 6.45) is 8.99. The molecule has 1 atom stereocenters. The van der Waals surface area contributed by atoms with E-state index in [0.717, 1.165) is 18.4 Å². The molecule has 0 bridgehead atoms. The van der Waals surface area contributed by atoms with Crippen molar-refractivity contribution in [1.29, 1.82) is 0 Å². The summed E-state index contributed by atoms with van der Waals surface area (Å²) >= 11 is 0. The van der Waals surface area contributed by atoms with E-state index in [4.69, 9.17) is 4.74 Å². The van der Waals surface area contributed by atoms with Gasteiger partial charge >= 0.3 is 5.97 Å². The molecule has 0 aromatic rings. The van der Waals surface area contributed by atoms with Crippen molar-refractivity contribution >= 4 is 5.97 Å². The van der Waals surface area contributed by atoms with E-state index in [1.54, 1.807) is 0 Å². The smallest absolute Gasteiger partial charge is 0.334 e. The van der Waals surface area contributed by atoms with Gasteiger partial charge in [0.25, 0.3) is 0 Å². The fraction of sp³-hybridized carbons (Fsp3) is 0.750. The van der Waals surface area contributed by atoms with E-state index < -0.39 is 0 Å². The zero-order chi connectivity index (χ0) is 10.4. The Labute approximate surface area is 86.3 Å². The maximum Gasteiger partial charge on any atom is 0.334 e. The molecule has 1 aliphatic rings. The highest BCUT2D eigenvalue weighted by atomic mass is 16.5. The first kappa shape index (κ1) is 11.3. The first-order valence-corrected chi connectivity index (χ1v) is 5.64. The maximum absolute atomic E-state index is 11.2. The van der Waals surface area contributed by atoms with Gasteiger partial charge in [-0.05, 0) is 19.8 Å². The van der Waals surface area contributed by atoms with Crippen LogP contribution in [0, 0.1) is 0 Å². The number of esters is 1. The van der Waals surface area contributed by atoms with Gasteiger partial charge in [-0.25, -0.2) is 4.79 Å². The summed E-state index contributed by atoms with van der Waals surface area (Å²) in [6, 6.07) is 0. The molecule has 1 saturated heterocycles. The Balaban J connectivity index is 2.20. The van der Waals surface area contributed by atoms with E-state index in [0.29, 0.717) is 0 Å². The van der Waals surface area contributed by atoms with Crippen LogP contribution >= 0.6 is 0 Å². The van der Waals surface area contributed by atoms with Gasteiger partial charge in [0, 0.05) is 12.0 Å². The molecule has 0 aliphatic carbocycles. The second-order valence-corrected chi connectivity index (χ2v) is 4.00. The second kappa shape index (κ2) is 5.84. The Kier molecular flexibility index (Phi) is 4.71. The third-order valence-corrected chi connectivity index (χ3v) is 2.53.